The third-order valence-electron chi connectivity index (χ3n) is 7.50. The Labute approximate surface area is 253 Å². The molecule has 0 saturated carbocycles. The van der Waals surface area contributed by atoms with Crippen LogP contribution in [0.2, 0.25) is 0 Å². The summed E-state index contributed by atoms with van der Waals surface area (Å²) < 4.78 is 13.7. The minimum Gasteiger partial charge on any atom is -0.496 e. The first-order valence-corrected chi connectivity index (χ1v) is 14.8. The molecule has 0 bridgehead atoms. The number of hydrogen-bond acceptors (Lipinski definition) is 7. The Bertz CT molecular complexity index is 2040. The van der Waals surface area contributed by atoms with Crippen molar-refractivity contribution in [1.82, 2.24) is 4.57 Å². The van der Waals surface area contributed by atoms with Crippen molar-refractivity contribution in [2.75, 3.05) is 32.7 Å². The van der Waals surface area contributed by atoms with E-state index in [1.54, 1.807) is 18.6 Å². The smallest absolute Gasteiger partial charge is 0.338 e. The SMILES string of the molecule is CCOC(=O)C1=C(c2ccccc2)N=c2sc(=Cc3ccc(N(C)C)cc3)c(=O)n2[C@H]1c1c(OC)ccc2ccccc12. The van der Waals surface area contributed by atoms with Gasteiger partial charge in [-0.25, -0.2) is 9.79 Å². The van der Waals surface area contributed by atoms with Gasteiger partial charge in [-0.3, -0.25) is 9.36 Å². The number of fused-ring (bicyclic) bond motifs is 2. The Morgan fingerprint density at radius 2 is 1.70 bits per heavy atom. The lowest BCUT2D eigenvalue weighted by molar-refractivity contribution is -0.138. The summed E-state index contributed by atoms with van der Waals surface area (Å²) in [5, 5.41) is 1.83. The number of methoxy groups -OCH3 is 1. The Hall–Kier alpha value is -4.95. The molecular formula is C35H31N3O4S. The van der Waals surface area contributed by atoms with E-state index >= 15 is 0 Å². The molecule has 1 aliphatic heterocycles. The van der Waals surface area contributed by atoms with Crippen molar-refractivity contribution >= 4 is 45.5 Å². The van der Waals surface area contributed by atoms with Gasteiger partial charge in [-0.15, -0.1) is 0 Å². The number of ether oxygens (including phenoxy) is 2. The van der Waals surface area contributed by atoms with Crippen LogP contribution in [0.3, 0.4) is 0 Å². The van der Waals surface area contributed by atoms with Gasteiger partial charge >= 0.3 is 5.97 Å². The van der Waals surface area contributed by atoms with E-state index in [1.807, 2.05) is 116 Å². The summed E-state index contributed by atoms with van der Waals surface area (Å²) in [4.78, 5) is 35.7. The van der Waals surface area contributed by atoms with Crippen LogP contribution in [0.1, 0.15) is 29.7 Å². The van der Waals surface area contributed by atoms with E-state index in [1.165, 1.54) is 11.3 Å². The molecule has 5 aromatic rings. The molecule has 6 rings (SSSR count). The van der Waals surface area contributed by atoms with Crippen molar-refractivity contribution in [2.24, 2.45) is 4.99 Å². The molecule has 1 aromatic heterocycles. The zero-order valence-corrected chi connectivity index (χ0v) is 25.2. The van der Waals surface area contributed by atoms with Crippen molar-refractivity contribution in [2.45, 2.75) is 13.0 Å². The molecule has 43 heavy (non-hydrogen) atoms. The molecule has 7 nitrogen and oxygen atoms in total. The summed E-state index contributed by atoms with van der Waals surface area (Å²) in [5.74, 6) is 0.0345. The number of esters is 1. The van der Waals surface area contributed by atoms with Gasteiger partial charge in [0.15, 0.2) is 4.80 Å². The van der Waals surface area contributed by atoms with E-state index in [9.17, 15) is 9.59 Å². The second kappa shape index (κ2) is 11.7. The van der Waals surface area contributed by atoms with Crippen molar-refractivity contribution in [3.8, 4) is 5.75 Å². The van der Waals surface area contributed by atoms with Gasteiger partial charge in [0.05, 0.1) is 29.5 Å². The summed E-state index contributed by atoms with van der Waals surface area (Å²) in [6.45, 7) is 1.95. The van der Waals surface area contributed by atoms with Crippen LogP contribution >= 0.6 is 11.3 Å². The molecule has 0 unspecified atom stereocenters. The average Bonchev–Trinajstić information content (AvgIpc) is 3.34. The number of carbonyl (C=O) groups excluding carboxylic acids is 1. The molecule has 0 spiro atoms. The van der Waals surface area contributed by atoms with Gasteiger partial charge in [0.2, 0.25) is 0 Å². The van der Waals surface area contributed by atoms with E-state index in [0.717, 1.165) is 27.6 Å². The normalized spacial score (nSPS) is 14.8. The van der Waals surface area contributed by atoms with Gasteiger partial charge in [0.1, 0.15) is 11.8 Å². The first kappa shape index (κ1) is 28.2. The minimum atomic E-state index is -0.843. The number of anilines is 1. The van der Waals surface area contributed by atoms with Crippen LogP contribution in [-0.4, -0.2) is 38.3 Å². The number of nitrogens with zero attached hydrogens (tertiary/aromatic N) is 3. The Morgan fingerprint density at radius 3 is 2.40 bits per heavy atom. The lowest BCUT2D eigenvalue weighted by atomic mass is 9.89. The fourth-order valence-electron chi connectivity index (χ4n) is 5.47. The minimum absolute atomic E-state index is 0.178. The summed E-state index contributed by atoms with van der Waals surface area (Å²) in [7, 11) is 5.57. The highest BCUT2D eigenvalue weighted by molar-refractivity contribution is 7.07. The van der Waals surface area contributed by atoms with E-state index < -0.39 is 12.0 Å². The molecule has 1 aliphatic rings. The molecule has 2 heterocycles. The van der Waals surface area contributed by atoms with Gasteiger partial charge in [-0.2, -0.15) is 0 Å². The summed E-state index contributed by atoms with van der Waals surface area (Å²) in [6.07, 6.45) is 1.87. The maximum Gasteiger partial charge on any atom is 0.338 e. The van der Waals surface area contributed by atoms with Crippen molar-refractivity contribution < 1.29 is 14.3 Å². The highest BCUT2D eigenvalue weighted by atomic mass is 32.1. The monoisotopic (exact) mass is 589 g/mol. The Morgan fingerprint density at radius 1 is 0.977 bits per heavy atom. The van der Waals surface area contributed by atoms with E-state index in [4.69, 9.17) is 14.5 Å². The fraction of sp³-hybridized carbons (Fsp3) is 0.171. The van der Waals surface area contributed by atoms with Crippen molar-refractivity contribution in [3.05, 3.63) is 133 Å². The number of thiazole rings is 1. The molecule has 1 atom stereocenters. The van der Waals surface area contributed by atoms with Crippen LogP contribution in [0.25, 0.3) is 22.5 Å². The molecule has 0 amide bonds. The van der Waals surface area contributed by atoms with E-state index in [-0.39, 0.29) is 17.7 Å². The van der Waals surface area contributed by atoms with Crippen LogP contribution in [0.15, 0.2) is 106 Å². The third kappa shape index (κ3) is 5.15. The van der Waals surface area contributed by atoms with Crippen molar-refractivity contribution in [1.29, 1.82) is 0 Å². The van der Waals surface area contributed by atoms with Gasteiger partial charge in [-0.1, -0.05) is 84.1 Å². The van der Waals surface area contributed by atoms with Gasteiger partial charge < -0.3 is 14.4 Å². The average molecular weight is 590 g/mol. The van der Waals surface area contributed by atoms with Crippen LogP contribution in [0.5, 0.6) is 5.75 Å². The fourth-order valence-corrected chi connectivity index (χ4v) is 6.47. The van der Waals surface area contributed by atoms with E-state index in [0.29, 0.717) is 26.3 Å². The van der Waals surface area contributed by atoms with Crippen molar-refractivity contribution in [3.63, 3.8) is 0 Å². The second-order valence-electron chi connectivity index (χ2n) is 10.3. The first-order valence-electron chi connectivity index (χ1n) is 14.0. The predicted molar refractivity (Wildman–Crippen MR) is 172 cm³/mol. The molecule has 4 aromatic carbocycles. The number of rotatable bonds is 7. The largest absolute Gasteiger partial charge is 0.496 e. The lowest BCUT2D eigenvalue weighted by Gasteiger charge is -2.28. The molecule has 216 valence electrons. The standard InChI is InChI=1S/C35H31N3O4S/c1-5-42-34(40)30-31(24-12-7-6-8-13-24)36-35-38(32(30)29-26-14-10-9-11-23(26)17-20-27(29)41-4)33(39)28(43-35)21-22-15-18-25(19-16-22)37(2)3/h6-21,32H,5H2,1-4H3/t32-/m0/s1. The summed E-state index contributed by atoms with van der Waals surface area (Å²) in [6, 6.07) is 28.5. The molecule has 0 N–H and O–H groups in total. The zero-order valence-electron chi connectivity index (χ0n) is 24.4. The molecule has 8 heteroatoms. The first-order chi connectivity index (χ1) is 20.9. The van der Waals surface area contributed by atoms with Gasteiger partial charge in [0.25, 0.3) is 5.56 Å². The van der Waals surface area contributed by atoms with Crippen LogP contribution < -0.4 is 24.5 Å². The Kier molecular flexibility index (Phi) is 7.69. The van der Waals surface area contributed by atoms with Crippen LogP contribution in [0, 0.1) is 0 Å². The number of hydrogen-bond donors (Lipinski definition) is 0. The molecule has 0 saturated heterocycles. The topological polar surface area (TPSA) is 73.1 Å². The maximum absolute atomic E-state index is 14.3. The zero-order chi connectivity index (χ0) is 30.1. The molecule has 0 radical (unpaired) electrons. The number of carbonyl (C=O) groups is 1. The maximum atomic E-state index is 14.3. The van der Waals surface area contributed by atoms with Gasteiger partial charge in [0, 0.05) is 30.9 Å². The Balaban J connectivity index is 1.70. The summed E-state index contributed by atoms with van der Waals surface area (Å²) in [5.41, 5.74) is 3.94. The van der Waals surface area contributed by atoms with Gasteiger partial charge in [-0.05, 0) is 47.5 Å². The number of aromatic nitrogens is 1. The quantitative estimate of drug-likeness (QED) is 0.245. The van der Waals surface area contributed by atoms with E-state index in [2.05, 4.69) is 0 Å². The lowest BCUT2D eigenvalue weighted by Crippen LogP contribution is -2.40. The van der Waals surface area contributed by atoms with Crippen LogP contribution in [-0.2, 0) is 9.53 Å². The summed E-state index contributed by atoms with van der Waals surface area (Å²) >= 11 is 1.30. The molecule has 0 aliphatic carbocycles. The highest BCUT2D eigenvalue weighted by Gasteiger charge is 2.37. The molecular weight excluding hydrogens is 558 g/mol. The number of benzene rings is 4. The highest BCUT2D eigenvalue weighted by Crippen LogP contribution is 2.42. The molecule has 0 fully saturated rings. The predicted octanol–water partition coefficient (Wildman–Crippen LogP) is 5.16. The van der Waals surface area contributed by atoms with Crippen LogP contribution in [0.4, 0.5) is 5.69 Å². The third-order valence-corrected chi connectivity index (χ3v) is 8.49. The second-order valence-corrected chi connectivity index (χ2v) is 11.3.